The summed E-state index contributed by atoms with van der Waals surface area (Å²) in [5, 5.41) is 17.2. The summed E-state index contributed by atoms with van der Waals surface area (Å²) in [4.78, 5) is 9.11. The zero-order chi connectivity index (χ0) is 18.1. The van der Waals surface area contributed by atoms with Gasteiger partial charge in [0.15, 0.2) is 11.5 Å². The van der Waals surface area contributed by atoms with Crippen LogP contribution in [0.2, 0.25) is 0 Å². The third-order valence-corrected chi connectivity index (χ3v) is 4.22. The molecule has 0 fully saturated rings. The molecule has 0 amide bonds. The number of pyridine rings is 1. The minimum Gasteiger partial charge on any atom is -0.382 e. The summed E-state index contributed by atoms with van der Waals surface area (Å²) in [5.74, 6) is 0.780. The van der Waals surface area contributed by atoms with Crippen LogP contribution in [0.1, 0.15) is 35.1 Å². The van der Waals surface area contributed by atoms with Gasteiger partial charge in [-0.3, -0.25) is 4.98 Å². The molecule has 0 saturated heterocycles. The molecule has 3 heterocycles. The SMILES string of the molecule is Cc1cccc(CC(C)Nc2nc3c(C)c(C)nn3c(N)c2C#N)n1. The summed E-state index contributed by atoms with van der Waals surface area (Å²) in [6.45, 7) is 7.84. The quantitative estimate of drug-likeness (QED) is 0.759. The molecule has 7 nitrogen and oxygen atoms in total. The Morgan fingerprint density at radius 1 is 1.28 bits per heavy atom. The molecule has 3 N–H and O–H groups in total. The van der Waals surface area contributed by atoms with Crippen molar-refractivity contribution in [2.75, 3.05) is 11.1 Å². The first-order valence-electron chi connectivity index (χ1n) is 8.15. The van der Waals surface area contributed by atoms with Crippen molar-refractivity contribution in [1.82, 2.24) is 19.6 Å². The second-order valence-electron chi connectivity index (χ2n) is 6.30. The van der Waals surface area contributed by atoms with E-state index in [1.165, 1.54) is 4.52 Å². The maximum Gasteiger partial charge on any atom is 0.162 e. The number of nitrogen functional groups attached to an aromatic ring is 1. The van der Waals surface area contributed by atoms with Crippen molar-refractivity contribution in [2.24, 2.45) is 0 Å². The summed E-state index contributed by atoms with van der Waals surface area (Å²) in [6, 6.07) is 8.13. The first-order chi connectivity index (χ1) is 11.9. The van der Waals surface area contributed by atoms with Crippen LogP contribution in [-0.2, 0) is 6.42 Å². The molecule has 1 unspecified atom stereocenters. The van der Waals surface area contributed by atoms with Gasteiger partial charge < -0.3 is 11.1 Å². The summed E-state index contributed by atoms with van der Waals surface area (Å²) < 4.78 is 1.53. The van der Waals surface area contributed by atoms with Gasteiger partial charge in [0.25, 0.3) is 0 Å². The van der Waals surface area contributed by atoms with Crippen molar-refractivity contribution in [3.8, 4) is 6.07 Å². The van der Waals surface area contributed by atoms with E-state index < -0.39 is 0 Å². The number of anilines is 2. The number of nitriles is 1. The largest absolute Gasteiger partial charge is 0.382 e. The molecule has 25 heavy (non-hydrogen) atoms. The lowest BCUT2D eigenvalue weighted by Gasteiger charge is -2.16. The van der Waals surface area contributed by atoms with Gasteiger partial charge in [-0.2, -0.15) is 14.9 Å². The van der Waals surface area contributed by atoms with E-state index in [2.05, 4.69) is 26.5 Å². The molecule has 0 aromatic carbocycles. The molecular formula is C18H21N7. The average molecular weight is 335 g/mol. The fourth-order valence-corrected chi connectivity index (χ4v) is 2.81. The Balaban J connectivity index is 1.95. The average Bonchev–Trinajstić information content (AvgIpc) is 2.83. The first kappa shape index (κ1) is 16.7. The van der Waals surface area contributed by atoms with Crippen LogP contribution in [0.5, 0.6) is 0 Å². The maximum atomic E-state index is 9.51. The number of nitrogens with one attached hydrogen (secondary N) is 1. The van der Waals surface area contributed by atoms with Gasteiger partial charge in [-0.05, 0) is 39.8 Å². The molecule has 0 saturated carbocycles. The topological polar surface area (TPSA) is 105 Å². The number of hydrogen-bond acceptors (Lipinski definition) is 6. The van der Waals surface area contributed by atoms with Gasteiger partial charge in [0.05, 0.1) is 5.69 Å². The van der Waals surface area contributed by atoms with Crippen LogP contribution in [0.15, 0.2) is 18.2 Å². The molecule has 1 atom stereocenters. The monoisotopic (exact) mass is 335 g/mol. The smallest absolute Gasteiger partial charge is 0.162 e. The highest BCUT2D eigenvalue weighted by atomic mass is 15.3. The maximum absolute atomic E-state index is 9.51. The van der Waals surface area contributed by atoms with Gasteiger partial charge in [-0.1, -0.05) is 6.07 Å². The van der Waals surface area contributed by atoms with Crippen molar-refractivity contribution < 1.29 is 0 Å². The van der Waals surface area contributed by atoms with Crippen LogP contribution in [0.25, 0.3) is 5.65 Å². The number of rotatable bonds is 4. The van der Waals surface area contributed by atoms with Gasteiger partial charge >= 0.3 is 0 Å². The molecule has 0 bridgehead atoms. The van der Waals surface area contributed by atoms with Crippen LogP contribution >= 0.6 is 0 Å². The Morgan fingerprint density at radius 3 is 2.72 bits per heavy atom. The summed E-state index contributed by atoms with van der Waals surface area (Å²) in [5.41, 5.74) is 10.9. The van der Waals surface area contributed by atoms with E-state index in [0.29, 0.717) is 22.8 Å². The molecule has 0 radical (unpaired) electrons. The normalized spacial score (nSPS) is 12.1. The molecule has 0 aliphatic carbocycles. The Bertz CT molecular complexity index is 981. The third-order valence-electron chi connectivity index (χ3n) is 4.22. The lowest BCUT2D eigenvalue weighted by molar-refractivity contribution is 0.761. The van der Waals surface area contributed by atoms with E-state index in [9.17, 15) is 5.26 Å². The zero-order valence-electron chi connectivity index (χ0n) is 14.8. The van der Waals surface area contributed by atoms with Crippen LogP contribution in [0.3, 0.4) is 0 Å². The Morgan fingerprint density at radius 2 is 2.04 bits per heavy atom. The molecule has 3 rings (SSSR count). The second-order valence-corrected chi connectivity index (χ2v) is 6.30. The molecular weight excluding hydrogens is 314 g/mol. The number of nitrogens with zero attached hydrogens (tertiary/aromatic N) is 5. The minimum atomic E-state index is 0.0417. The Hall–Kier alpha value is -3.14. The van der Waals surface area contributed by atoms with E-state index in [-0.39, 0.29) is 6.04 Å². The fourth-order valence-electron chi connectivity index (χ4n) is 2.81. The van der Waals surface area contributed by atoms with Gasteiger partial charge in [0, 0.05) is 29.4 Å². The van der Waals surface area contributed by atoms with Gasteiger partial charge in [-0.15, -0.1) is 0 Å². The number of nitrogens with two attached hydrogens (primary N) is 1. The second kappa shape index (κ2) is 6.40. The fraction of sp³-hybridized carbons (Fsp3) is 0.333. The zero-order valence-corrected chi connectivity index (χ0v) is 14.8. The van der Waals surface area contributed by atoms with Crippen molar-refractivity contribution in [3.05, 3.63) is 46.4 Å². The van der Waals surface area contributed by atoms with Crippen molar-refractivity contribution in [3.63, 3.8) is 0 Å². The predicted molar refractivity (Wildman–Crippen MR) is 97.4 cm³/mol. The van der Waals surface area contributed by atoms with E-state index in [1.54, 1.807) is 0 Å². The highest BCUT2D eigenvalue weighted by Crippen LogP contribution is 2.24. The number of aryl methyl sites for hydroxylation is 3. The van der Waals surface area contributed by atoms with Crippen LogP contribution < -0.4 is 11.1 Å². The minimum absolute atomic E-state index is 0.0417. The molecule has 7 heteroatoms. The van der Waals surface area contributed by atoms with Gasteiger partial charge in [-0.25, -0.2) is 4.98 Å². The lowest BCUT2D eigenvalue weighted by Crippen LogP contribution is -2.21. The summed E-state index contributed by atoms with van der Waals surface area (Å²) in [7, 11) is 0. The third kappa shape index (κ3) is 3.11. The molecule has 3 aromatic heterocycles. The Labute approximate surface area is 146 Å². The van der Waals surface area contributed by atoms with E-state index in [4.69, 9.17) is 5.73 Å². The van der Waals surface area contributed by atoms with Crippen molar-refractivity contribution in [2.45, 2.75) is 40.2 Å². The van der Waals surface area contributed by atoms with Crippen LogP contribution in [0.4, 0.5) is 11.6 Å². The first-order valence-corrected chi connectivity index (χ1v) is 8.15. The lowest BCUT2D eigenvalue weighted by atomic mass is 10.1. The van der Waals surface area contributed by atoms with Crippen LogP contribution in [-0.4, -0.2) is 25.6 Å². The standard InChI is InChI=1S/C18H21N7/c1-10-6-5-7-14(21-10)8-11(2)22-17-15(9-19)16(20)25-18(23-17)12(3)13(4)24-25/h5-7,11H,8,20H2,1-4H3,(H,22,23). The van der Waals surface area contributed by atoms with Gasteiger partial charge in [0.1, 0.15) is 17.5 Å². The molecule has 0 spiro atoms. The van der Waals surface area contributed by atoms with E-state index in [1.807, 2.05) is 45.9 Å². The highest BCUT2D eigenvalue weighted by molar-refractivity contribution is 5.69. The van der Waals surface area contributed by atoms with Crippen molar-refractivity contribution >= 4 is 17.3 Å². The van der Waals surface area contributed by atoms with Crippen molar-refractivity contribution in [1.29, 1.82) is 5.26 Å². The molecule has 3 aromatic rings. The highest BCUT2D eigenvalue weighted by Gasteiger charge is 2.18. The summed E-state index contributed by atoms with van der Waals surface area (Å²) >= 11 is 0. The van der Waals surface area contributed by atoms with Crippen LogP contribution in [0, 0.1) is 32.1 Å². The van der Waals surface area contributed by atoms with E-state index in [0.717, 1.165) is 29.1 Å². The Kier molecular flexibility index (Phi) is 4.28. The van der Waals surface area contributed by atoms with Gasteiger partial charge in [0.2, 0.25) is 0 Å². The number of hydrogen-bond donors (Lipinski definition) is 2. The van der Waals surface area contributed by atoms with E-state index >= 15 is 0 Å². The molecule has 0 aliphatic rings. The number of fused-ring (bicyclic) bond motifs is 1. The predicted octanol–water partition coefficient (Wildman–Crippen LogP) is 2.55. The molecule has 128 valence electrons. The summed E-state index contributed by atoms with van der Waals surface area (Å²) in [6.07, 6.45) is 0.719. The number of aromatic nitrogens is 4. The molecule has 0 aliphatic heterocycles.